The average Bonchev–Trinajstić information content (AvgIpc) is 3.34. The van der Waals surface area contributed by atoms with E-state index in [1.54, 1.807) is 6.26 Å². The molecule has 32 heavy (non-hydrogen) atoms. The first-order valence-electron chi connectivity index (χ1n) is 10.7. The molecule has 0 fully saturated rings. The molecular formula is C27H26ClN3O. The molecule has 162 valence electrons. The van der Waals surface area contributed by atoms with Gasteiger partial charge in [0.25, 0.3) is 0 Å². The SMILES string of the molecule is Cl.c1coc(CNCCCNc2ccnc3cc(-c4cccc5ccccc45)ccc23)c1. The van der Waals surface area contributed by atoms with E-state index in [0.717, 1.165) is 48.4 Å². The van der Waals surface area contributed by atoms with E-state index < -0.39 is 0 Å². The second kappa shape index (κ2) is 10.3. The van der Waals surface area contributed by atoms with Crippen molar-refractivity contribution in [2.45, 2.75) is 13.0 Å². The number of nitrogens with zero attached hydrogens (tertiary/aromatic N) is 1. The normalized spacial score (nSPS) is 10.9. The van der Waals surface area contributed by atoms with E-state index in [0.29, 0.717) is 0 Å². The second-order valence-corrected chi connectivity index (χ2v) is 7.65. The summed E-state index contributed by atoms with van der Waals surface area (Å²) in [6, 6.07) is 27.5. The van der Waals surface area contributed by atoms with E-state index in [1.807, 2.05) is 18.3 Å². The lowest BCUT2D eigenvalue weighted by Crippen LogP contribution is -2.17. The molecule has 4 nitrogen and oxygen atoms in total. The highest BCUT2D eigenvalue weighted by atomic mass is 35.5. The summed E-state index contributed by atoms with van der Waals surface area (Å²) in [5.74, 6) is 0.968. The van der Waals surface area contributed by atoms with Crippen molar-refractivity contribution in [2.24, 2.45) is 0 Å². The third kappa shape index (κ3) is 4.77. The molecule has 5 rings (SSSR count). The van der Waals surface area contributed by atoms with Gasteiger partial charge >= 0.3 is 0 Å². The Labute approximate surface area is 194 Å². The predicted octanol–water partition coefficient (Wildman–Crippen LogP) is 6.66. The number of hydrogen-bond donors (Lipinski definition) is 2. The van der Waals surface area contributed by atoms with Crippen LogP contribution in [0.25, 0.3) is 32.8 Å². The summed E-state index contributed by atoms with van der Waals surface area (Å²) < 4.78 is 5.34. The molecule has 5 aromatic rings. The van der Waals surface area contributed by atoms with Crippen LogP contribution < -0.4 is 10.6 Å². The molecule has 0 aliphatic rings. The highest BCUT2D eigenvalue weighted by Crippen LogP contribution is 2.32. The minimum atomic E-state index is 0. The van der Waals surface area contributed by atoms with Gasteiger partial charge in [-0.25, -0.2) is 0 Å². The smallest absolute Gasteiger partial charge is 0.117 e. The van der Waals surface area contributed by atoms with Gasteiger partial charge in [0.2, 0.25) is 0 Å². The summed E-state index contributed by atoms with van der Waals surface area (Å²) in [5.41, 5.74) is 4.56. The first-order valence-corrected chi connectivity index (χ1v) is 10.7. The van der Waals surface area contributed by atoms with Crippen molar-refractivity contribution in [3.63, 3.8) is 0 Å². The van der Waals surface area contributed by atoms with Crippen LogP contribution >= 0.6 is 12.4 Å². The van der Waals surface area contributed by atoms with Crippen molar-refractivity contribution >= 4 is 39.8 Å². The van der Waals surface area contributed by atoms with Crippen LogP contribution in [-0.2, 0) is 6.54 Å². The maximum absolute atomic E-state index is 5.34. The van der Waals surface area contributed by atoms with E-state index in [1.165, 1.54) is 21.9 Å². The van der Waals surface area contributed by atoms with Crippen LogP contribution in [0, 0.1) is 0 Å². The molecule has 0 aliphatic carbocycles. The number of nitrogens with one attached hydrogen (secondary N) is 2. The topological polar surface area (TPSA) is 50.1 Å². The van der Waals surface area contributed by atoms with E-state index in [-0.39, 0.29) is 12.4 Å². The van der Waals surface area contributed by atoms with Gasteiger partial charge in [-0.3, -0.25) is 4.98 Å². The Kier molecular flexibility index (Phi) is 7.05. The number of halogens is 1. The third-order valence-electron chi connectivity index (χ3n) is 5.57. The Bertz CT molecular complexity index is 1300. The molecule has 2 aromatic heterocycles. The van der Waals surface area contributed by atoms with E-state index in [9.17, 15) is 0 Å². The molecule has 5 heteroatoms. The summed E-state index contributed by atoms with van der Waals surface area (Å²) in [5, 5.41) is 10.6. The third-order valence-corrected chi connectivity index (χ3v) is 5.57. The van der Waals surface area contributed by atoms with Gasteiger partial charge in [-0.15, -0.1) is 12.4 Å². The Hall–Kier alpha value is -3.34. The zero-order valence-corrected chi connectivity index (χ0v) is 18.6. The molecule has 0 aliphatic heterocycles. The molecule has 0 saturated heterocycles. The number of rotatable bonds is 8. The van der Waals surface area contributed by atoms with Gasteiger partial charge in [-0.05, 0) is 59.1 Å². The predicted molar refractivity (Wildman–Crippen MR) is 135 cm³/mol. The number of furan rings is 1. The zero-order chi connectivity index (χ0) is 20.9. The van der Waals surface area contributed by atoms with Crippen molar-refractivity contribution in [3.05, 3.63) is 97.1 Å². The Balaban J connectivity index is 0.00000245. The first kappa shape index (κ1) is 21.9. The molecule has 0 amide bonds. The number of anilines is 1. The maximum Gasteiger partial charge on any atom is 0.117 e. The highest BCUT2D eigenvalue weighted by molar-refractivity contribution is 6.00. The van der Waals surface area contributed by atoms with Gasteiger partial charge in [0.15, 0.2) is 0 Å². The molecule has 0 saturated carbocycles. The summed E-state index contributed by atoms with van der Waals surface area (Å²) in [4.78, 5) is 4.63. The Morgan fingerprint density at radius 2 is 1.72 bits per heavy atom. The number of aromatic nitrogens is 1. The van der Waals surface area contributed by atoms with Crippen LogP contribution in [0.1, 0.15) is 12.2 Å². The Morgan fingerprint density at radius 1 is 0.812 bits per heavy atom. The minimum Gasteiger partial charge on any atom is -0.468 e. The van der Waals surface area contributed by atoms with Crippen molar-refractivity contribution in [1.29, 1.82) is 0 Å². The standard InChI is InChI=1S/C27H25N3O.ClH/c1-2-9-23-20(6-1)7-3-10-24(23)21-11-12-25-26(13-16-30-27(25)18-21)29-15-5-14-28-19-22-8-4-17-31-22;/h1-4,6-13,16-18,28H,5,14-15,19H2,(H,29,30);1H. The molecule has 0 spiro atoms. The monoisotopic (exact) mass is 443 g/mol. The van der Waals surface area contributed by atoms with Crippen molar-refractivity contribution < 1.29 is 4.42 Å². The fourth-order valence-corrected chi connectivity index (χ4v) is 4.01. The lowest BCUT2D eigenvalue weighted by molar-refractivity contribution is 0.482. The zero-order valence-electron chi connectivity index (χ0n) is 17.8. The second-order valence-electron chi connectivity index (χ2n) is 7.65. The number of benzene rings is 3. The molecular weight excluding hydrogens is 418 g/mol. The van der Waals surface area contributed by atoms with Gasteiger partial charge in [-0.2, -0.15) is 0 Å². The van der Waals surface area contributed by atoms with Crippen LogP contribution in [0.3, 0.4) is 0 Å². The summed E-state index contributed by atoms with van der Waals surface area (Å²) >= 11 is 0. The van der Waals surface area contributed by atoms with Gasteiger partial charge in [0.1, 0.15) is 5.76 Å². The van der Waals surface area contributed by atoms with Gasteiger partial charge in [0.05, 0.1) is 18.3 Å². The van der Waals surface area contributed by atoms with E-state index >= 15 is 0 Å². The number of hydrogen-bond acceptors (Lipinski definition) is 4. The largest absolute Gasteiger partial charge is 0.468 e. The van der Waals surface area contributed by atoms with Crippen molar-refractivity contribution in [2.75, 3.05) is 18.4 Å². The fraction of sp³-hybridized carbons (Fsp3) is 0.148. The first-order chi connectivity index (χ1) is 15.4. The minimum absolute atomic E-state index is 0. The fourth-order valence-electron chi connectivity index (χ4n) is 4.01. The van der Waals surface area contributed by atoms with Gasteiger partial charge in [-0.1, -0.05) is 54.6 Å². The van der Waals surface area contributed by atoms with Gasteiger partial charge in [0, 0.05) is 23.8 Å². The van der Waals surface area contributed by atoms with Crippen LogP contribution in [0.4, 0.5) is 5.69 Å². The average molecular weight is 444 g/mol. The van der Waals surface area contributed by atoms with Crippen LogP contribution in [0.15, 0.2) is 95.7 Å². The quantitative estimate of drug-likeness (QED) is 0.263. The van der Waals surface area contributed by atoms with Crippen LogP contribution in [0.5, 0.6) is 0 Å². The summed E-state index contributed by atoms with van der Waals surface area (Å²) in [6.45, 7) is 2.60. The lowest BCUT2D eigenvalue weighted by Gasteiger charge is -2.12. The van der Waals surface area contributed by atoms with Crippen LogP contribution in [0.2, 0.25) is 0 Å². The number of pyridine rings is 1. The van der Waals surface area contributed by atoms with E-state index in [2.05, 4.69) is 82.3 Å². The van der Waals surface area contributed by atoms with Crippen molar-refractivity contribution in [1.82, 2.24) is 10.3 Å². The highest BCUT2D eigenvalue weighted by Gasteiger charge is 2.07. The molecule has 0 bridgehead atoms. The van der Waals surface area contributed by atoms with Crippen LogP contribution in [-0.4, -0.2) is 18.1 Å². The van der Waals surface area contributed by atoms with Gasteiger partial charge < -0.3 is 15.1 Å². The van der Waals surface area contributed by atoms with Crippen molar-refractivity contribution in [3.8, 4) is 11.1 Å². The lowest BCUT2D eigenvalue weighted by atomic mass is 9.97. The maximum atomic E-state index is 5.34. The molecule has 2 heterocycles. The molecule has 0 atom stereocenters. The molecule has 3 aromatic carbocycles. The number of fused-ring (bicyclic) bond motifs is 2. The summed E-state index contributed by atoms with van der Waals surface area (Å²) in [7, 11) is 0. The molecule has 2 N–H and O–H groups in total. The molecule has 0 unspecified atom stereocenters. The molecule has 0 radical (unpaired) electrons. The summed E-state index contributed by atoms with van der Waals surface area (Å²) in [6.07, 6.45) is 4.62. The Morgan fingerprint density at radius 3 is 2.62 bits per heavy atom. The van der Waals surface area contributed by atoms with E-state index in [4.69, 9.17) is 4.42 Å².